The standard InChI is InChI=1S/C18H21NO/c1-13-6-5-7-15(10-13)11-19-18-14(2)12-20-17-9-4-3-8-16(17)18/h3-10,14,18-19H,11-12H2,1-2H3. The number of hydrogen-bond acceptors (Lipinski definition) is 2. The maximum absolute atomic E-state index is 5.80. The molecule has 0 amide bonds. The summed E-state index contributed by atoms with van der Waals surface area (Å²) in [4.78, 5) is 0. The summed E-state index contributed by atoms with van der Waals surface area (Å²) in [6.45, 7) is 6.05. The average molecular weight is 267 g/mol. The quantitative estimate of drug-likeness (QED) is 0.912. The third-order valence-corrected chi connectivity index (χ3v) is 3.93. The van der Waals surface area contributed by atoms with Gasteiger partial charge in [-0.15, -0.1) is 0 Å². The van der Waals surface area contributed by atoms with Crippen LogP contribution in [0.15, 0.2) is 48.5 Å². The molecule has 0 aliphatic carbocycles. The van der Waals surface area contributed by atoms with Gasteiger partial charge in [0.25, 0.3) is 0 Å². The van der Waals surface area contributed by atoms with Crippen molar-refractivity contribution in [3.63, 3.8) is 0 Å². The second-order valence-electron chi connectivity index (χ2n) is 5.67. The summed E-state index contributed by atoms with van der Waals surface area (Å²) in [6.07, 6.45) is 0. The summed E-state index contributed by atoms with van der Waals surface area (Å²) in [5.74, 6) is 1.50. The summed E-state index contributed by atoms with van der Waals surface area (Å²) in [5.41, 5.74) is 3.92. The Hall–Kier alpha value is -1.80. The molecule has 1 heterocycles. The maximum Gasteiger partial charge on any atom is 0.124 e. The number of nitrogens with one attached hydrogen (secondary N) is 1. The fraction of sp³-hybridized carbons (Fsp3) is 0.333. The van der Waals surface area contributed by atoms with E-state index in [1.54, 1.807) is 0 Å². The number of hydrogen-bond donors (Lipinski definition) is 1. The molecular weight excluding hydrogens is 246 g/mol. The SMILES string of the molecule is Cc1cccc(CNC2c3ccccc3OCC2C)c1. The largest absolute Gasteiger partial charge is 0.493 e. The Kier molecular flexibility index (Phi) is 3.75. The number of para-hydroxylation sites is 1. The lowest BCUT2D eigenvalue weighted by Crippen LogP contribution is -2.33. The molecule has 0 fully saturated rings. The number of rotatable bonds is 3. The van der Waals surface area contributed by atoms with Crippen LogP contribution < -0.4 is 10.1 Å². The summed E-state index contributed by atoms with van der Waals surface area (Å²) >= 11 is 0. The minimum Gasteiger partial charge on any atom is -0.493 e. The van der Waals surface area contributed by atoms with Crippen molar-refractivity contribution in [3.8, 4) is 5.75 Å². The van der Waals surface area contributed by atoms with Crippen LogP contribution in [-0.4, -0.2) is 6.61 Å². The highest BCUT2D eigenvalue weighted by molar-refractivity contribution is 5.38. The third-order valence-electron chi connectivity index (χ3n) is 3.93. The van der Waals surface area contributed by atoms with Gasteiger partial charge in [0.05, 0.1) is 6.61 Å². The highest BCUT2D eigenvalue weighted by Gasteiger charge is 2.26. The second-order valence-corrected chi connectivity index (χ2v) is 5.67. The van der Waals surface area contributed by atoms with E-state index in [9.17, 15) is 0 Å². The van der Waals surface area contributed by atoms with Gasteiger partial charge in [-0.05, 0) is 18.6 Å². The highest BCUT2D eigenvalue weighted by atomic mass is 16.5. The van der Waals surface area contributed by atoms with Gasteiger partial charge in [0.15, 0.2) is 0 Å². The molecule has 20 heavy (non-hydrogen) atoms. The molecule has 1 aliphatic rings. The lowest BCUT2D eigenvalue weighted by atomic mass is 9.92. The van der Waals surface area contributed by atoms with Crippen LogP contribution in [0.3, 0.4) is 0 Å². The van der Waals surface area contributed by atoms with Crippen molar-refractivity contribution < 1.29 is 4.74 Å². The van der Waals surface area contributed by atoms with E-state index >= 15 is 0 Å². The minimum atomic E-state index is 0.362. The Labute approximate surface area is 120 Å². The molecule has 3 rings (SSSR count). The summed E-state index contributed by atoms with van der Waals surface area (Å²) in [5, 5.41) is 3.69. The zero-order valence-corrected chi connectivity index (χ0v) is 12.1. The zero-order valence-electron chi connectivity index (χ0n) is 12.1. The molecule has 2 heteroatoms. The molecule has 1 N–H and O–H groups in total. The molecule has 104 valence electrons. The smallest absolute Gasteiger partial charge is 0.124 e. The normalized spacial score (nSPS) is 21.1. The summed E-state index contributed by atoms with van der Waals surface area (Å²) in [6, 6.07) is 17.4. The van der Waals surface area contributed by atoms with Crippen molar-refractivity contribution in [1.82, 2.24) is 5.32 Å². The fourth-order valence-electron chi connectivity index (χ4n) is 2.85. The van der Waals surface area contributed by atoms with E-state index in [0.717, 1.165) is 18.9 Å². The van der Waals surface area contributed by atoms with Crippen LogP contribution in [0.5, 0.6) is 5.75 Å². The van der Waals surface area contributed by atoms with E-state index < -0.39 is 0 Å². The van der Waals surface area contributed by atoms with Crippen LogP contribution in [0.2, 0.25) is 0 Å². The van der Waals surface area contributed by atoms with Gasteiger partial charge >= 0.3 is 0 Å². The van der Waals surface area contributed by atoms with Crippen LogP contribution in [0, 0.1) is 12.8 Å². The molecule has 2 atom stereocenters. The van der Waals surface area contributed by atoms with Crippen LogP contribution >= 0.6 is 0 Å². The van der Waals surface area contributed by atoms with Gasteiger partial charge in [-0.3, -0.25) is 0 Å². The molecule has 2 aromatic carbocycles. The molecule has 0 aromatic heterocycles. The van der Waals surface area contributed by atoms with E-state index in [1.807, 2.05) is 6.07 Å². The van der Waals surface area contributed by atoms with Gasteiger partial charge < -0.3 is 10.1 Å². The van der Waals surface area contributed by atoms with Crippen molar-refractivity contribution in [3.05, 3.63) is 65.2 Å². The van der Waals surface area contributed by atoms with Gasteiger partial charge in [0.1, 0.15) is 5.75 Å². The van der Waals surface area contributed by atoms with Crippen LogP contribution in [0.4, 0.5) is 0 Å². The maximum atomic E-state index is 5.80. The van der Waals surface area contributed by atoms with Crippen molar-refractivity contribution in [2.75, 3.05) is 6.61 Å². The van der Waals surface area contributed by atoms with E-state index in [2.05, 4.69) is 61.6 Å². The van der Waals surface area contributed by atoms with Crippen LogP contribution in [0.1, 0.15) is 29.7 Å². The lowest BCUT2D eigenvalue weighted by Gasteiger charge is -2.32. The van der Waals surface area contributed by atoms with Crippen molar-refractivity contribution in [2.24, 2.45) is 5.92 Å². The molecule has 0 saturated carbocycles. The van der Waals surface area contributed by atoms with Crippen LogP contribution in [-0.2, 0) is 6.54 Å². The Balaban J connectivity index is 1.77. The summed E-state index contributed by atoms with van der Waals surface area (Å²) in [7, 11) is 0. The van der Waals surface area contributed by atoms with E-state index in [1.165, 1.54) is 16.7 Å². The van der Waals surface area contributed by atoms with Gasteiger partial charge in [0, 0.05) is 24.1 Å². The highest BCUT2D eigenvalue weighted by Crippen LogP contribution is 2.35. The summed E-state index contributed by atoms with van der Waals surface area (Å²) < 4.78 is 5.80. The minimum absolute atomic E-state index is 0.362. The number of ether oxygens (including phenoxy) is 1. The first-order valence-electron chi connectivity index (χ1n) is 7.24. The molecule has 2 aromatic rings. The van der Waals surface area contributed by atoms with Crippen molar-refractivity contribution in [2.45, 2.75) is 26.4 Å². The third kappa shape index (κ3) is 2.70. The monoisotopic (exact) mass is 267 g/mol. The Bertz CT molecular complexity index is 593. The molecule has 0 saturated heterocycles. The Morgan fingerprint density at radius 1 is 1.15 bits per heavy atom. The van der Waals surface area contributed by atoms with E-state index in [0.29, 0.717) is 12.0 Å². The average Bonchev–Trinajstić information content (AvgIpc) is 2.46. The number of aryl methyl sites for hydroxylation is 1. The van der Waals surface area contributed by atoms with Gasteiger partial charge in [-0.25, -0.2) is 0 Å². The number of fused-ring (bicyclic) bond motifs is 1. The topological polar surface area (TPSA) is 21.3 Å². The molecule has 1 aliphatic heterocycles. The Morgan fingerprint density at radius 3 is 2.85 bits per heavy atom. The molecule has 2 unspecified atom stereocenters. The van der Waals surface area contributed by atoms with Gasteiger partial charge in [0.2, 0.25) is 0 Å². The van der Waals surface area contributed by atoms with Crippen LogP contribution in [0.25, 0.3) is 0 Å². The predicted octanol–water partition coefficient (Wildman–Crippen LogP) is 3.85. The first kappa shape index (κ1) is 13.2. The second kappa shape index (κ2) is 5.68. The molecule has 0 radical (unpaired) electrons. The van der Waals surface area contributed by atoms with Gasteiger partial charge in [-0.2, -0.15) is 0 Å². The first-order valence-corrected chi connectivity index (χ1v) is 7.24. The van der Waals surface area contributed by atoms with Crippen molar-refractivity contribution >= 4 is 0 Å². The van der Waals surface area contributed by atoms with Gasteiger partial charge in [-0.1, -0.05) is 55.0 Å². The lowest BCUT2D eigenvalue weighted by molar-refractivity contribution is 0.188. The molecule has 0 spiro atoms. The first-order chi connectivity index (χ1) is 9.74. The molecule has 0 bridgehead atoms. The Morgan fingerprint density at radius 2 is 2.00 bits per heavy atom. The fourth-order valence-corrected chi connectivity index (χ4v) is 2.85. The van der Waals surface area contributed by atoms with Crippen molar-refractivity contribution in [1.29, 1.82) is 0 Å². The number of benzene rings is 2. The molecular formula is C18H21NO. The predicted molar refractivity (Wildman–Crippen MR) is 81.9 cm³/mol. The zero-order chi connectivity index (χ0) is 13.9. The van der Waals surface area contributed by atoms with E-state index in [-0.39, 0.29) is 0 Å². The molecule has 2 nitrogen and oxygen atoms in total. The van der Waals surface area contributed by atoms with E-state index in [4.69, 9.17) is 4.74 Å².